The summed E-state index contributed by atoms with van der Waals surface area (Å²) in [5, 5.41) is 14.6. The molecule has 0 unspecified atom stereocenters. The van der Waals surface area contributed by atoms with Crippen molar-refractivity contribution in [1.29, 1.82) is 0 Å². The zero-order valence-corrected chi connectivity index (χ0v) is 16.2. The summed E-state index contributed by atoms with van der Waals surface area (Å²) < 4.78 is 1.49. The van der Waals surface area contributed by atoms with Gasteiger partial charge in [0, 0.05) is 16.8 Å². The van der Waals surface area contributed by atoms with E-state index in [1.807, 2.05) is 48.5 Å². The van der Waals surface area contributed by atoms with Crippen LogP contribution in [0.2, 0.25) is 5.02 Å². The van der Waals surface area contributed by atoms with Gasteiger partial charge in [-0.25, -0.2) is 9.67 Å². The highest BCUT2D eigenvalue weighted by Gasteiger charge is 2.11. The van der Waals surface area contributed by atoms with Gasteiger partial charge in [-0.15, -0.1) is 5.10 Å². The van der Waals surface area contributed by atoms with Gasteiger partial charge in [-0.1, -0.05) is 29.8 Å². The van der Waals surface area contributed by atoms with E-state index in [0.717, 1.165) is 16.6 Å². The molecule has 2 heterocycles. The van der Waals surface area contributed by atoms with E-state index in [0.29, 0.717) is 27.8 Å². The number of carbonyl (C=O) groups excluding carboxylic acids is 1. The number of fused-ring (bicyclic) bond motifs is 1. The van der Waals surface area contributed by atoms with Crippen molar-refractivity contribution < 1.29 is 4.79 Å². The molecule has 2 aromatic heterocycles. The Morgan fingerprint density at radius 3 is 2.77 bits per heavy atom. The lowest BCUT2D eigenvalue weighted by molar-refractivity contribution is 0.102. The fourth-order valence-corrected chi connectivity index (χ4v) is 3.37. The van der Waals surface area contributed by atoms with Gasteiger partial charge in [0.2, 0.25) is 0 Å². The third-order valence-electron chi connectivity index (χ3n) is 4.59. The molecule has 0 fully saturated rings. The molecule has 3 aromatic carbocycles. The summed E-state index contributed by atoms with van der Waals surface area (Å²) in [6, 6.07) is 20.0. The van der Waals surface area contributed by atoms with Crippen LogP contribution < -0.4 is 5.32 Å². The quantitative estimate of drug-likeness (QED) is 0.460. The van der Waals surface area contributed by atoms with E-state index in [1.54, 1.807) is 18.2 Å². The zero-order valence-electron chi connectivity index (χ0n) is 15.5. The van der Waals surface area contributed by atoms with Gasteiger partial charge >= 0.3 is 0 Å². The molecule has 0 aliphatic heterocycles. The fraction of sp³-hybridized carbons (Fsp3) is 0. The number of aromatic amines is 1. The number of imidazole rings is 1. The van der Waals surface area contributed by atoms with Crippen molar-refractivity contribution in [3.63, 3.8) is 0 Å². The number of nitrogens with zero attached hydrogens (tertiary/aromatic N) is 5. The molecule has 2 N–H and O–H groups in total. The molecule has 0 aliphatic rings. The second kappa shape index (κ2) is 7.41. The summed E-state index contributed by atoms with van der Waals surface area (Å²) in [7, 11) is 0. The highest BCUT2D eigenvalue weighted by atomic mass is 35.5. The first-order valence-electron chi connectivity index (χ1n) is 9.07. The molecular formula is C21H14ClN7O. The van der Waals surface area contributed by atoms with Crippen LogP contribution in [0, 0.1) is 0 Å². The molecule has 0 atom stereocenters. The lowest BCUT2D eigenvalue weighted by Crippen LogP contribution is -2.12. The molecule has 146 valence electrons. The molecule has 0 saturated carbocycles. The number of hydrogen-bond acceptors (Lipinski definition) is 5. The number of anilines is 1. The molecule has 0 saturated heterocycles. The Kier molecular flexibility index (Phi) is 4.45. The van der Waals surface area contributed by atoms with Crippen molar-refractivity contribution in [2.45, 2.75) is 0 Å². The number of halogens is 1. The van der Waals surface area contributed by atoms with Gasteiger partial charge in [0.1, 0.15) is 12.2 Å². The first-order chi connectivity index (χ1) is 14.7. The summed E-state index contributed by atoms with van der Waals surface area (Å²) in [4.78, 5) is 20.6. The van der Waals surface area contributed by atoms with Crippen LogP contribution in [0.4, 0.5) is 5.69 Å². The molecule has 5 rings (SSSR count). The maximum absolute atomic E-state index is 12.7. The van der Waals surface area contributed by atoms with Gasteiger partial charge in [0.15, 0.2) is 0 Å². The number of hydrogen-bond donors (Lipinski definition) is 2. The van der Waals surface area contributed by atoms with Crippen LogP contribution in [0.1, 0.15) is 10.4 Å². The van der Waals surface area contributed by atoms with Crippen molar-refractivity contribution in [3.8, 4) is 17.1 Å². The van der Waals surface area contributed by atoms with E-state index in [9.17, 15) is 4.79 Å². The Labute approximate surface area is 175 Å². The lowest BCUT2D eigenvalue weighted by Gasteiger charge is -2.07. The smallest absolute Gasteiger partial charge is 0.255 e. The monoisotopic (exact) mass is 415 g/mol. The number of H-pyrrole nitrogens is 1. The SMILES string of the molecule is O=C(Nc1ccc2nc(-c3ccccc3Cl)[nH]c2c1)c1cccc(-n2cnnn2)c1. The summed E-state index contributed by atoms with van der Waals surface area (Å²) >= 11 is 6.27. The van der Waals surface area contributed by atoms with E-state index in [2.05, 4.69) is 30.8 Å². The average molecular weight is 416 g/mol. The van der Waals surface area contributed by atoms with E-state index in [1.165, 1.54) is 11.0 Å². The Bertz CT molecular complexity index is 1360. The second-order valence-electron chi connectivity index (χ2n) is 6.56. The minimum Gasteiger partial charge on any atom is -0.338 e. The fourth-order valence-electron chi connectivity index (χ4n) is 3.14. The average Bonchev–Trinajstić information content (AvgIpc) is 3.44. The first kappa shape index (κ1) is 18.0. The Morgan fingerprint density at radius 1 is 1.03 bits per heavy atom. The molecule has 1 amide bonds. The van der Waals surface area contributed by atoms with Crippen molar-refractivity contribution in [2.24, 2.45) is 0 Å². The van der Waals surface area contributed by atoms with Crippen molar-refractivity contribution >= 4 is 34.2 Å². The molecule has 5 aromatic rings. The normalized spacial score (nSPS) is 11.0. The zero-order chi connectivity index (χ0) is 20.5. The van der Waals surface area contributed by atoms with Crippen LogP contribution in [0.3, 0.4) is 0 Å². The van der Waals surface area contributed by atoms with Gasteiger partial charge in [-0.3, -0.25) is 4.79 Å². The summed E-state index contributed by atoms with van der Waals surface area (Å²) in [5.41, 5.74) is 4.23. The minimum atomic E-state index is -0.241. The first-order valence-corrected chi connectivity index (χ1v) is 9.45. The molecule has 0 aliphatic carbocycles. The van der Waals surface area contributed by atoms with Gasteiger partial charge < -0.3 is 10.3 Å². The van der Waals surface area contributed by atoms with Crippen LogP contribution in [0.15, 0.2) is 73.1 Å². The topological polar surface area (TPSA) is 101 Å². The highest BCUT2D eigenvalue weighted by molar-refractivity contribution is 6.33. The summed E-state index contributed by atoms with van der Waals surface area (Å²) in [6.45, 7) is 0. The predicted molar refractivity (Wildman–Crippen MR) is 114 cm³/mol. The second-order valence-corrected chi connectivity index (χ2v) is 6.96. The standard InChI is InChI=1S/C21H14ClN7O/c22-17-7-2-1-6-16(17)20-25-18-9-8-14(11-19(18)26-20)24-21(30)13-4-3-5-15(10-13)29-12-23-27-28-29/h1-12H,(H,24,30)(H,25,26). The number of tetrazole rings is 1. The lowest BCUT2D eigenvalue weighted by atomic mass is 10.2. The Morgan fingerprint density at radius 2 is 1.93 bits per heavy atom. The third-order valence-corrected chi connectivity index (χ3v) is 4.92. The van der Waals surface area contributed by atoms with Crippen molar-refractivity contribution in [1.82, 2.24) is 30.2 Å². The van der Waals surface area contributed by atoms with Crippen LogP contribution in [0.5, 0.6) is 0 Å². The number of aromatic nitrogens is 6. The largest absolute Gasteiger partial charge is 0.338 e. The number of nitrogens with one attached hydrogen (secondary N) is 2. The number of carbonyl (C=O) groups is 1. The molecule has 9 heteroatoms. The maximum atomic E-state index is 12.7. The maximum Gasteiger partial charge on any atom is 0.255 e. The minimum absolute atomic E-state index is 0.241. The van der Waals surface area contributed by atoms with Gasteiger partial charge in [0.05, 0.1) is 21.7 Å². The number of benzene rings is 3. The van der Waals surface area contributed by atoms with Gasteiger partial charge in [0.25, 0.3) is 5.91 Å². The Hall–Kier alpha value is -4.04. The Balaban J connectivity index is 1.41. The number of rotatable bonds is 4. The molecule has 8 nitrogen and oxygen atoms in total. The van der Waals surface area contributed by atoms with E-state index in [-0.39, 0.29) is 5.91 Å². The number of amides is 1. The predicted octanol–water partition coefficient (Wildman–Crippen LogP) is 4.11. The van der Waals surface area contributed by atoms with Gasteiger partial charge in [-0.05, 0) is 59.0 Å². The van der Waals surface area contributed by atoms with Crippen LogP contribution >= 0.6 is 11.6 Å². The van der Waals surface area contributed by atoms with E-state index in [4.69, 9.17) is 11.6 Å². The van der Waals surface area contributed by atoms with E-state index < -0.39 is 0 Å². The highest BCUT2D eigenvalue weighted by Crippen LogP contribution is 2.28. The molecular weight excluding hydrogens is 402 g/mol. The summed E-state index contributed by atoms with van der Waals surface area (Å²) in [6.07, 6.45) is 1.47. The molecule has 30 heavy (non-hydrogen) atoms. The van der Waals surface area contributed by atoms with Gasteiger partial charge in [-0.2, -0.15) is 0 Å². The van der Waals surface area contributed by atoms with Crippen LogP contribution in [-0.4, -0.2) is 36.1 Å². The van der Waals surface area contributed by atoms with Crippen molar-refractivity contribution in [3.05, 3.63) is 83.6 Å². The van der Waals surface area contributed by atoms with E-state index >= 15 is 0 Å². The van der Waals surface area contributed by atoms with Crippen LogP contribution in [0.25, 0.3) is 28.1 Å². The third kappa shape index (κ3) is 3.40. The molecule has 0 spiro atoms. The molecule has 0 bridgehead atoms. The summed E-state index contributed by atoms with van der Waals surface area (Å²) in [5.74, 6) is 0.434. The van der Waals surface area contributed by atoms with Crippen LogP contribution in [-0.2, 0) is 0 Å². The van der Waals surface area contributed by atoms with Crippen molar-refractivity contribution in [2.75, 3.05) is 5.32 Å². The molecule has 0 radical (unpaired) electrons.